The molecule has 3 rings (SSSR count). The maximum absolute atomic E-state index is 12.5. The van der Waals surface area contributed by atoms with Gasteiger partial charge < -0.3 is 9.47 Å². The molecule has 2 saturated heterocycles. The van der Waals surface area contributed by atoms with E-state index in [1.807, 2.05) is 0 Å². The van der Waals surface area contributed by atoms with Crippen molar-refractivity contribution in [3.8, 4) is 6.01 Å². The first-order chi connectivity index (χ1) is 10.6. The number of ether oxygens (including phenoxy) is 2. The fraction of sp³-hybridized carbons (Fsp3) is 0.667. The summed E-state index contributed by atoms with van der Waals surface area (Å²) in [6.07, 6.45) is 3.24. The van der Waals surface area contributed by atoms with Crippen molar-refractivity contribution in [1.82, 2.24) is 18.6 Å². The summed E-state index contributed by atoms with van der Waals surface area (Å²) >= 11 is 5.71. The largest absolute Gasteiger partial charge is 0.459 e. The Labute approximate surface area is 134 Å². The van der Waals surface area contributed by atoms with E-state index in [2.05, 4.69) is 9.97 Å². The minimum Gasteiger partial charge on any atom is -0.459 e. The molecule has 122 valence electrons. The van der Waals surface area contributed by atoms with Gasteiger partial charge in [0.05, 0.1) is 37.2 Å². The van der Waals surface area contributed by atoms with Gasteiger partial charge in [-0.2, -0.15) is 17.0 Å². The third-order valence-corrected chi connectivity index (χ3v) is 5.80. The van der Waals surface area contributed by atoms with E-state index in [0.717, 1.165) is 0 Å². The molecule has 0 aliphatic carbocycles. The highest BCUT2D eigenvalue weighted by Crippen LogP contribution is 2.21. The molecule has 0 saturated carbocycles. The minimum absolute atomic E-state index is 0.208. The molecular formula is C12H17ClN4O4S. The molecule has 1 atom stereocenters. The lowest BCUT2D eigenvalue weighted by Crippen LogP contribution is -2.48. The molecule has 0 amide bonds. The number of hydrogen-bond donors (Lipinski definition) is 0. The van der Waals surface area contributed by atoms with E-state index < -0.39 is 10.2 Å². The molecule has 22 heavy (non-hydrogen) atoms. The van der Waals surface area contributed by atoms with Crippen LogP contribution < -0.4 is 4.74 Å². The molecule has 0 unspecified atom stereocenters. The summed E-state index contributed by atoms with van der Waals surface area (Å²) in [5.74, 6) is 0. The van der Waals surface area contributed by atoms with Crippen molar-refractivity contribution in [3.63, 3.8) is 0 Å². The van der Waals surface area contributed by atoms with Crippen LogP contribution in [0.4, 0.5) is 0 Å². The number of hydrogen-bond acceptors (Lipinski definition) is 6. The zero-order valence-electron chi connectivity index (χ0n) is 11.9. The van der Waals surface area contributed by atoms with E-state index in [0.29, 0.717) is 50.8 Å². The fourth-order valence-electron chi connectivity index (χ4n) is 2.45. The van der Waals surface area contributed by atoms with Crippen LogP contribution in [0.25, 0.3) is 0 Å². The van der Waals surface area contributed by atoms with Crippen molar-refractivity contribution in [2.45, 2.75) is 12.5 Å². The van der Waals surface area contributed by atoms with E-state index in [9.17, 15) is 8.42 Å². The van der Waals surface area contributed by atoms with Crippen LogP contribution in [0, 0.1) is 0 Å². The second-order valence-electron chi connectivity index (χ2n) is 5.09. The smallest absolute Gasteiger partial charge is 0.316 e. The lowest BCUT2D eigenvalue weighted by molar-refractivity contribution is 0.0703. The topological polar surface area (TPSA) is 84.9 Å². The van der Waals surface area contributed by atoms with Gasteiger partial charge >= 0.3 is 6.01 Å². The molecule has 3 heterocycles. The zero-order valence-corrected chi connectivity index (χ0v) is 13.5. The normalized spacial score (nSPS) is 24.5. The maximum atomic E-state index is 12.5. The van der Waals surface area contributed by atoms with E-state index in [4.69, 9.17) is 21.1 Å². The van der Waals surface area contributed by atoms with Crippen molar-refractivity contribution in [1.29, 1.82) is 0 Å². The van der Waals surface area contributed by atoms with Gasteiger partial charge in [0.2, 0.25) is 0 Å². The van der Waals surface area contributed by atoms with Crippen LogP contribution >= 0.6 is 11.6 Å². The number of aromatic nitrogens is 2. The van der Waals surface area contributed by atoms with Gasteiger partial charge in [0.15, 0.2) is 0 Å². The minimum atomic E-state index is -3.45. The van der Waals surface area contributed by atoms with Crippen LogP contribution in [0.3, 0.4) is 0 Å². The predicted octanol–water partition coefficient (Wildman–Crippen LogP) is 0.160. The van der Waals surface area contributed by atoms with Gasteiger partial charge in [0.25, 0.3) is 10.2 Å². The number of rotatable bonds is 4. The van der Waals surface area contributed by atoms with E-state index in [1.165, 1.54) is 21.0 Å². The predicted molar refractivity (Wildman–Crippen MR) is 79.0 cm³/mol. The summed E-state index contributed by atoms with van der Waals surface area (Å²) in [6.45, 7) is 2.39. The summed E-state index contributed by atoms with van der Waals surface area (Å²) in [5.41, 5.74) is 0. The first kappa shape index (κ1) is 15.9. The first-order valence-electron chi connectivity index (χ1n) is 7.03. The third-order valence-electron chi connectivity index (χ3n) is 3.60. The fourth-order valence-corrected chi connectivity index (χ4v) is 4.18. The summed E-state index contributed by atoms with van der Waals surface area (Å²) in [6, 6.07) is 0.208. The highest BCUT2D eigenvalue weighted by molar-refractivity contribution is 7.86. The van der Waals surface area contributed by atoms with Gasteiger partial charge in [-0.15, -0.1) is 0 Å². The highest BCUT2D eigenvalue weighted by atomic mass is 35.5. The second-order valence-corrected chi connectivity index (χ2v) is 7.45. The summed E-state index contributed by atoms with van der Waals surface area (Å²) in [4.78, 5) is 7.92. The molecule has 0 N–H and O–H groups in total. The van der Waals surface area contributed by atoms with Gasteiger partial charge in [-0.3, -0.25) is 0 Å². The average molecular weight is 349 g/mol. The van der Waals surface area contributed by atoms with Crippen LogP contribution in [0.1, 0.15) is 6.42 Å². The summed E-state index contributed by atoms with van der Waals surface area (Å²) in [7, 11) is -3.45. The third kappa shape index (κ3) is 3.49. The Bertz CT molecular complexity index is 606. The summed E-state index contributed by atoms with van der Waals surface area (Å²) in [5, 5.41) is 0.426. The molecule has 0 radical (unpaired) electrons. The van der Waals surface area contributed by atoms with Crippen LogP contribution in [0.15, 0.2) is 12.4 Å². The second kappa shape index (κ2) is 6.63. The zero-order chi connectivity index (χ0) is 15.6. The Kier molecular flexibility index (Phi) is 4.79. The maximum Gasteiger partial charge on any atom is 0.316 e. The molecule has 8 nitrogen and oxygen atoms in total. The van der Waals surface area contributed by atoms with Crippen molar-refractivity contribution >= 4 is 21.8 Å². The van der Waals surface area contributed by atoms with Crippen LogP contribution in [-0.4, -0.2) is 72.5 Å². The summed E-state index contributed by atoms with van der Waals surface area (Å²) < 4.78 is 38.7. The molecular weight excluding hydrogens is 332 g/mol. The Morgan fingerprint density at radius 3 is 2.55 bits per heavy atom. The van der Waals surface area contributed by atoms with E-state index >= 15 is 0 Å². The van der Waals surface area contributed by atoms with Crippen LogP contribution in [0.5, 0.6) is 6.01 Å². The lowest BCUT2D eigenvalue weighted by atomic mass is 10.3. The molecule has 2 aliphatic rings. The van der Waals surface area contributed by atoms with Crippen molar-refractivity contribution in [2.24, 2.45) is 0 Å². The van der Waals surface area contributed by atoms with Crippen molar-refractivity contribution in [2.75, 3.05) is 39.4 Å². The molecule has 0 bridgehead atoms. The number of nitrogens with zero attached hydrogens (tertiary/aromatic N) is 4. The molecule has 1 aromatic heterocycles. The standard InChI is InChI=1S/C12H17ClN4O4S/c13-10-7-14-12(15-8-10)21-11-1-2-17(9-11)22(18,19)16-3-5-20-6-4-16/h7-8,11H,1-6,9H2/t11-/m0/s1. The quantitative estimate of drug-likeness (QED) is 0.770. The lowest BCUT2D eigenvalue weighted by Gasteiger charge is -2.29. The molecule has 10 heteroatoms. The van der Waals surface area contributed by atoms with Gasteiger partial charge in [-0.1, -0.05) is 11.6 Å². The molecule has 2 aliphatic heterocycles. The highest BCUT2D eigenvalue weighted by Gasteiger charge is 2.37. The van der Waals surface area contributed by atoms with Crippen LogP contribution in [0.2, 0.25) is 5.02 Å². The first-order valence-corrected chi connectivity index (χ1v) is 8.80. The van der Waals surface area contributed by atoms with Crippen molar-refractivity contribution in [3.05, 3.63) is 17.4 Å². The van der Waals surface area contributed by atoms with E-state index in [-0.39, 0.29) is 12.1 Å². The van der Waals surface area contributed by atoms with Gasteiger partial charge in [-0.25, -0.2) is 9.97 Å². The Morgan fingerprint density at radius 2 is 1.86 bits per heavy atom. The molecule has 1 aromatic rings. The van der Waals surface area contributed by atoms with E-state index in [1.54, 1.807) is 0 Å². The average Bonchev–Trinajstić information content (AvgIpc) is 3.00. The SMILES string of the molecule is O=S(=O)(N1CCOCC1)N1CC[C@H](Oc2ncc(Cl)cn2)C1. The van der Waals surface area contributed by atoms with Crippen molar-refractivity contribution < 1.29 is 17.9 Å². The number of morpholine rings is 1. The van der Waals surface area contributed by atoms with Crippen LogP contribution in [-0.2, 0) is 14.9 Å². The Hall–Kier alpha value is -1.00. The van der Waals surface area contributed by atoms with Gasteiger partial charge in [0, 0.05) is 19.6 Å². The van der Waals surface area contributed by atoms with Gasteiger partial charge in [-0.05, 0) is 6.42 Å². The molecule has 0 aromatic carbocycles. The molecule has 0 spiro atoms. The number of halogens is 1. The Morgan fingerprint density at radius 1 is 1.18 bits per heavy atom. The monoisotopic (exact) mass is 348 g/mol. The Balaban J connectivity index is 1.60. The molecule has 2 fully saturated rings. The van der Waals surface area contributed by atoms with Gasteiger partial charge in [0.1, 0.15) is 6.10 Å².